The number of aromatic nitrogens is 1. The number of nitrogens with one attached hydrogen (secondary N) is 1. The maximum absolute atomic E-state index is 9.13. The molecule has 1 aromatic heterocycles. The van der Waals surface area contributed by atoms with Crippen molar-refractivity contribution >= 4 is 17.0 Å². The first-order valence-electron chi connectivity index (χ1n) is 5.02. The zero-order chi connectivity index (χ0) is 12.1. The number of hydrogen-bond donors (Lipinski definition) is 1. The smallest absolute Gasteiger partial charge is 0.158 e. The fraction of sp³-hybridized carbons (Fsp3) is 0.167. The van der Waals surface area contributed by atoms with Gasteiger partial charge in [0.15, 0.2) is 6.04 Å². The van der Waals surface area contributed by atoms with Crippen LogP contribution in [0.15, 0.2) is 35.2 Å². The van der Waals surface area contributed by atoms with Gasteiger partial charge in [0.25, 0.3) is 0 Å². The molecule has 1 aromatic carbocycles. The van der Waals surface area contributed by atoms with Gasteiger partial charge in [0.05, 0.1) is 30.1 Å². The van der Waals surface area contributed by atoms with Crippen molar-refractivity contribution < 1.29 is 4.74 Å². The summed E-state index contributed by atoms with van der Waals surface area (Å²) in [6.45, 7) is 0. The quantitative estimate of drug-likeness (QED) is 0.899. The number of ether oxygens (including phenoxy) is 1. The summed E-state index contributed by atoms with van der Waals surface area (Å²) in [6.07, 6.45) is 0. The molecule has 0 radical (unpaired) electrons. The Bertz CT molecular complexity index is 519. The van der Waals surface area contributed by atoms with Gasteiger partial charge in [-0.1, -0.05) is 12.1 Å². The highest BCUT2D eigenvalue weighted by Gasteiger charge is 2.13. The van der Waals surface area contributed by atoms with E-state index in [2.05, 4.69) is 16.4 Å². The van der Waals surface area contributed by atoms with Gasteiger partial charge in [-0.3, -0.25) is 0 Å². The molecule has 0 aliphatic carbocycles. The molecule has 0 amide bonds. The molecule has 17 heavy (non-hydrogen) atoms. The first kappa shape index (κ1) is 11.4. The van der Waals surface area contributed by atoms with Gasteiger partial charge in [0, 0.05) is 5.38 Å². The SMILES string of the molecule is COc1ccccc1NC(C#N)c1cscn1. The monoisotopic (exact) mass is 245 g/mol. The van der Waals surface area contributed by atoms with Crippen LogP contribution in [0.1, 0.15) is 11.7 Å². The zero-order valence-electron chi connectivity index (χ0n) is 9.25. The number of anilines is 1. The number of benzene rings is 1. The van der Waals surface area contributed by atoms with Crippen LogP contribution in [-0.4, -0.2) is 12.1 Å². The zero-order valence-corrected chi connectivity index (χ0v) is 10.1. The maximum Gasteiger partial charge on any atom is 0.158 e. The van der Waals surface area contributed by atoms with Gasteiger partial charge >= 0.3 is 0 Å². The second-order valence-electron chi connectivity index (χ2n) is 3.32. The third kappa shape index (κ3) is 2.55. The molecule has 0 saturated carbocycles. The minimum Gasteiger partial charge on any atom is -0.495 e. The lowest BCUT2D eigenvalue weighted by molar-refractivity contribution is 0.416. The van der Waals surface area contributed by atoms with E-state index in [0.29, 0.717) is 5.75 Å². The Morgan fingerprint density at radius 1 is 1.47 bits per heavy atom. The third-order valence-electron chi connectivity index (χ3n) is 2.28. The Morgan fingerprint density at radius 2 is 2.29 bits per heavy atom. The van der Waals surface area contributed by atoms with Crippen molar-refractivity contribution in [1.29, 1.82) is 5.26 Å². The predicted octanol–water partition coefficient (Wildman–Crippen LogP) is 2.83. The minimum absolute atomic E-state index is 0.461. The molecule has 0 bridgehead atoms. The van der Waals surface area contributed by atoms with Gasteiger partial charge in [-0.25, -0.2) is 4.98 Å². The van der Waals surface area contributed by atoms with E-state index < -0.39 is 6.04 Å². The number of nitriles is 1. The third-order valence-corrected chi connectivity index (χ3v) is 2.89. The van der Waals surface area contributed by atoms with Crippen LogP contribution in [0.2, 0.25) is 0 Å². The second-order valence-corrected chi connectivity index (χ2v) is 4.04. The molecular weight excluding hydrogens is 234 g/mol. The summed E-state index contributed by atoms with van der Waals surface area (Å²) in [5, 5.41) is 14.1. The molecule has 0 spiro atoms. The summed E-state index contributed by atoms with van der Waals surface area (Å²) in [5.41, 5.74) is 3.22. The molecule has 0 saturated heterocycles. The Labute approximate surface area is 103 Å². The van der Waals surface area contributed by atoms with Gasteiger partial charge < -0.3 is 10.1 Å². The van der Waals surface area contributed by atoms with Crippen molar-refractivity contribution in [3.63, 3.8) is 0 Å². The largest absolute Gasteiger partial charge is 0.495 e. The number of rotatable bonds is 4. The average Bonchev–Trinajstić information content (AvgIpc) is 2.90. The van der Waals surface area contributed by atoms with Crippen LogP contribution >= 0.6 is 11.3 Å². The number of hydrogen-bond acceptors (Lipinski definition) is 5. The van der Waals surface area contributed by atoms with Gasteiger partial charge in [-0.2, -0.15) is 5.26 Å². The Balaban J connectivity index is 2.22. The molecule has 0 aliphatic rings. The summed E-state index contributed by atoms with van der Waals surface area (Å²) in [6, 6.07) is 9.21. The van der Waals surface area contributed by atoms with Crippen molar-refractivity contribution in [2.45, 2.75) is 6.04 Å². The summed E-state index contributed by atoms with van der Waals surface area (Å²) in [4.78, 5) is 4.13. The minimum atomic E-state index is -0.461. The highest BCUT2D eigenvalue weighted by Crippen LogP contribution is 2.27. The van der Waals surface area contributed by atoms with E-state index in [9.17, 15) is 0 Å². The molecule has 2 rings (SSSR count). The van der Waals surface area contributed by atoms with E-state index in [-0.39, 0.29) is 0 Å². The van der Waals surface area contributed by atoms with E-state index in [1.54, 1.807) is 12.6 Å². The molecule has 1 N–H and O–H groups in total. The van der Waals surface area contributed by atoms with Gasteiger partial charge in [-0.05, 0) is 12.1 Å². The van der Waals surface area contributed by atoms with Crippen molar-refractivity contribution in [2.24, 2.45) is 0 Å². The molecule has 2 aromatic rings. The van der Waals surface area contributed by atoms with Crippen molar-refractivity contribution in [3.05, 3.63) is 40.8 Å². The van der Waals surface area contributed by atoms with Gasteiger partial charge in [0.1, 0.15) is 5.75 Å². The Kier molecular flexibility index (Phi) is 3.58. The van der Waals surface area contributed by atoms with Crippen LogP contribution in [0.5, 0.6) is 5.75 Å². The fourth-order valence-corrected chi connectivity index (χ4v) is 2.04. The van der Waals surface area contributed by atoms with Gasteiger partial charge in [0.2, 0.25) is 0 Å². The van der Waals surface area contributed by atoms with Crippen LogP contribution in [0.4, 0.5) is 5.69 Å². The molecular formula is C12H11N3OS. The molecule has 0 fully saturated rings. The van der Waals surface area contributed by atoms with E-state index in [4.69, 9.17) is 10.00 Å². The summed E-state index contributed by atoms with van der Waals surface area (Å²) >= 11 is 1.47. The normalized spacial score (nSPS) is 11.5. The lowest BCUT2D eigenvalue weighted by atomic mass is 10.2. The van der Waals surface area contributed by atoms with Crippen LogP contribution < -0.4 is 10.1 Å². The molecule has 1 unspecified atom stereocenters. The second kappa shape index (κ2) is 5.32. The number of para-hydroxylation sites is 2. The van der Waals surface area contributed by atoms with Crippen LogP contribution in [0.25, 0.3) is 0 Å². The molecule has 1 heterocycles. The summed E-state index contributed by atoms with van der Waals surface area (Å²) < 4.78 is 5.22. The maximum atomic E-state index is 9.13. The highest BCUT2D eigenvalue weighted by molar-refractivity contribution is 7.07. The van der Waals surface area contributed by atoms with E-state index in [1.165, 1.54) is 11.3 Å². The molecule has 5 heteroatoms. The fourth-order valence-electron chi connectivity index (χ4n) is 1.46. The number of methoxy groups -OCH3 is 1. The number of nitrogens with zero attached hydrogens (tertiary/aromatic N) is 2. The average molecular weight is 245 g/mol. The van der Waals surface area contributed by atoms with Crippen molar-refractivity contribution in [2.75, 3.05) is 12.4 Å². The Morgan fingerprint density at radius 3 is 2.94 bits per heavy atom. The van der Waals surface area contributed by atoms with Crippen molar-refractivity contribution in [1.82, 2.24) is 4.98 Å². The molecule has 0 aliphatic heterocycles. The first-order valence-corrected chi connectivity index (χ1v) is 5.96. The van der Waals surface area contributed by atoms with Crippen LogP contribution in [0, 0.1) is 11.3 Å². The van der Waals surface area contributed by atoms with Crippen molar-refractivity contribution in [3.8, 4) is 11.8 Å². The molecule has 86 valence electrons. The summed E-state index contributed by atoms with van der Waals surface area (Å²) in [7, 11) is 1.60. The van der Waals surface area contributed by atoms with Gasteiger partial charge in [-0.15, -0.1) is 11.3 Å². The van der Waals surface area contributed by atoms with E-state index in [1.807, 2.05) is 29.6 Å². The standard InChI is InChI=1S/C12H11N3OS/c1-16-12-5-3-2-4-9(12)15-10(6-13)11-7-17-8-14-11/h2-5,7-8,10,15H,1H3. The molecule has 4 nitrogen and oxygen atoms in total. The molecule has 1 atom stereocenters. The highest BCUT2D eigenvalue weighted by atomic mass is 32.1. The van der Waals surface area contributed by atoms with E-state index in [0.717, 1.165) is 11.4 Å². The summed E-state index contributed by atoms with van der Waals surface area (Å²) in [5.74, 6) is 0.711. The lowest BCUT2D eigenvalue weighted by Crippen LogP contribution is -2.09. The number of thiazole rings is 1. The van der Waals surface area contributed by atoms with Crippen LogP contribution in [-0.2, 0) is 0 Å². The first-order chi connectivity index (χ1) is 8.35. The Hall–Kier alpha value is -2.06. The lowest BCUT2D eigenvalue weighted by Gasteiger charge is -2.13. The topological polar surface area (TPSA) is 57.9 Å². The van der Waals surface area contributed by atoms with E-state index >= 15 is 0 Å². The van der Waals surface area contributed by atoms with Crippen LogP contribution in [0.3, 0.4) is 0 Å². The predicted molar refractivity (Wildman–Crippen MR) is 67.1 cm³/mol.